The molecule has 3 unspecified atom stereocenters. The van der Waals surface area contributed by atoms with Gasteiger partial charge in [-0.15, -0.1) is 11.8 Å². The minimum atomic E-state index is 0.143. The average molecular weight is 585 g/mol. The summed E-state index contributed by atoms with van der Waals surface area (Å²) in [7, 11) is 0. The summed E-state index contributed by atoms with van der Waals surface area (Å²) in [6.45, 7) is 6.70. The Bertz CT molecular complexity index is 2170. The topological polar surface area (TPSA) is 24.9 Å². The maximum atomic E-state index is 4.77. The van der Waals surface area contributed by atoms with Gasteiger partial charge in [-0.3, -0.25) is 4.98 Å². The van der Waals surface area contributed by atoms with E-state index in [2.05, 4.69) is 146 Å². The second-order valence-electron chi connectivity index (χ2n) is 11.7. The molecule has 1 aliphatic carbocycles. The molecule has 3 heterocycles. The first-order chi connectivity index (χ1) is 21.6. The predicted molar refractivity (Wildman–Crippen MR) is 188 cm³/mol. The van der Waals surface area contributed by atoms with Crippen LogP contribution in [0.3, 0.4) is 0 Å². The lowest BCUT2D eigenvalue weighted by atomic mass is 9.83. The molecule has 0 bridgehead atoms. The van der Waals surface area contributed by atoms with Crippen LogP contribution in [-0.4, -0.2) is 10.2 Å². The van der Waals surface area contributed by atoms with Gasteiger partial charge in [0, 0.05) is 38.9 Å². The Labute approximate surface area is 262 Å². The molecule has 212 valence electrons. The van der Waals surface area contributed by atoms with E-state index in [1.807, 2.05) is 24.0 Å². The zero-order valence-corrected chi connectivity index (χ0v) is 25.4. The predicted octanol–water partition coefficient (Wildman–Crippen LogP) is 8.97. The number of anilines is 1. The van der Waals surface area contributed by atoms with Gasteiger partial charge in [0.1, 0.15) is 0 Å². The summed E-state index contributed by atoms with van der Waals surface area (Å²) in [6, 6.07) is 32.5. The Morgan fingerprint density at radius 2 is 1.70 bits per heavy atom. The quantitative estimate of drug-likeness (QED) is 0.228. The Morgan fingerprint density at radius 3 is 2.61 bits per heavy atom. The molecule has 0 fully saturated rings. The van der Waals surface area contributed by atoms with Crippen molar-refractivity contribution in [2.45, 2.75) is 29.0 Å². The van der Waals surface area contributed by atoms with E-state index in [0.29, 0.717) is 11.2 Å². The zero-order chi connectivity index (χ0) is 29.6. The monoisotopic (exact) mass is 584 g/mol. The summed E-state index contributed by atoms with van der Waals surface area (Å²) in [5, 5.41) is 7.45. The number of pyridine rings is 1. The number of hydrogen-bond acceptors (Lipinski definition) is 3. The van der Waals surface area contributed by atoms with E-state index in [9.17, 15) is 0 Å². The third-order valence-corrected chi connectivity index (χ3v) is 10.4. The molecule has 2 nitrogen and oxygen atoms in total. The molecule has 2 aliphatic heterocycles. The summed E-state index contributed by atoms with van der Waals surface area (Å²) in [4.78, 5) is 6.14. The Balaban J connectivity index is 1.13. The summed E-state index contributed by atoms with van der Waals surface area (Å²) < 4.78 is 0. The van der Waals surface area contributed by atoms with Gasteiger partial charge in [0.2, 0.25) is 0 Å². The van der Waals surface area contributed by atoms with Crippen LogP contribution in [-0.2, 0) is 0 Å². The van der Waals surface area contributed by atoms with Crippen molar-refractivity contribution in [3.05, 3.63) is 166 Å². The number of allylic oxidation sites excluding steroid dienone is 5. The molecule has 0 saturated heterocycles. The first-order valence-corrected chi connectivity index (χ1v) is 16.1. The van der Waals surface area contributed by atoms with Crippen molar-refractivity contribution in [3.63, 3.8) is 0 Å². The van der Waals surface area contributed by atoms with Gasteiger partial charge >= 0.3 is 0 Å². The molecule has 0 radical (unpaired) electrons. The highest BCUT2D eigenvalue weighted by atomic mass is 32.2. The van der Waals surface area contributed by atoms with E-state index in [0.717, 1.165) is 21.6 Å². The van der Waals surface area contributed by atoms with Gasteiger partial charge in [-0.2, -0.15) is 0 Å². The van der Waals surface area contributed by atoms with Gasteiger partial charge in [0.25, 0.3) is 0 Å². The van der Waals surface area contributed by atoms with Gasteiger partial charge in [0.15, 0.2) is 0 Å². The first kappa shape index (κ1) is 26.7. The van der Waals surface area contributed by atoms with E-state index < -0.39 is 0 Å². The molecular weight excluding hydrogens is 553 g/mol. The molecule has 3 aliphatic rings. The highest BCUT2D eigenvalue weighted by molar-refractivity contribution is 8.00. The summed E-state index contributed by atoms with van der Waals surface area (Å²) in [5.74, 6) is 0.312. The fraction of sp³-hybridized carbons (Fsp3) is 0.0976. The van der Waals surface area contributed by atoms with E-state index in [1.165, 1.54) is 49.2 Å². The smallest absolute Gasteiger partial charge is 0.0780 e. The van der Waals surface area contributed by atoms with Crippen molar-refractivity contribution in [3.8, 4) is 11.1 Å². The number of benzene rings is 4. The maximum absolute atomic E-state index is 4.77. The number of hydrogen-bond donors (Lipinski definition) is 1. The molecule has 3 heteroatoms. The lowest BCUT2D eigenvalue weighted by Crippen LogP contribution is -2.29. The van der Waals surface area contributed by atoms with Crippen LogP contribution in [0.2, 0.25) is 0 Å². The van der Waals surface area contributed by atoms with E-state index in [1.54, 1.807) is 0 Å². The molecule has 3 atom stereocenters. The molecule has 44 heavy (non-hydrogen) atoms. The van der Waals surface area contributed by atoms with Crippen molar-refractivity contribution in [2.75, 3.05) is 5.32 Å². The number of thioether (sulfide) groups is 1. The molecule has 0 saturated carbocycles. The van der Waals surface area contributed by atoms with Gasteiger partial charge < -0.3 is 5.32 Å². The molecule has 5 aromatic rings. The molecule has 1 N–H and O–H groups in total. The van der Waals surface area contributed by atoms with Gasteiger partial charge in [-0.05, 0) is 62.9 Å². The van der Waals surface area contributed by atoms with E-state index in [4.69, 9.17) is 4.98 Å². The second-order valence-corrected chi connectivity index (χ2v) is 12.9. The molecule has 4 aromatic carbocycles. The Hall–Kier alpha value is -4.86. The van der Waals surface area contributed by atoms with E-state index >= 15 is 0 Å². The van der Waals surface area contributed by atoms with Crippen molar-refractivity contribution in [1.29, 1.82) is 0 Å². The molecular formula is C41H32N2S. The molecule has 1 aromatic heterocycles. The van der Waals surface area contributed by atoms with Crippen LogP contribution >= 0.6 is 11.8 Å². The fourth-order valence-electron chi connectivity index (χ4n) is 6.70. The van der Waals surface area contributed by atoms with Gasteiger partial charge in [0.05, 0.1) is 11.6 Å². The zero-order valence-electron chi connectivity index (χ0n) is 24.6. The van der Waals surface area contributed by atoms with E-state index in [-0.39, 0.29) is 6.04 Å². The number of rotatable bonds is 4. The first-order valence-electron chi connectivity index (χ1n) is 15.2. The minimum absolute atomic E-state index is 0.143. The van der Waals surface area contributed by atoms with Crippen LogP contribution in [0.5, 0.6) is 0 Å². The highest BCUT2D eigenvalue weighted by Crippen LogP contribution is 2.53. The van der Waals surface area contributed by atoms with Crippen molar-refractivity contribution >= 4 is 47.1 Å². The van der Waals surface area contributed by atoms with Crippen molar-refractivity contribution in [1.82, 2.24) is 4.98 Å². The lowest BCUT2D eigenvalue weighted by molar-refractivity contribution is 0.873. The SMILES string of the molecule is C=c1c2c(cc/c1=C/C=C(\C)C1=CC3c4c(cccc4-c4cccc5cccnc45)SC3C=C1)C=CC(c1ccccc1)N2. The Kier molecular flexibility index (Phi) is 6.69. The summed E-state index contributed by atoms with van der Waals surface area (Å²) in [6.07, 6.45) is 17.9. The largest absolute Gasteiger partial charge is 0.374 e. The molecule has 0 amide bonds. The molecule has 8 rings (SSSR count). The minimum Gasteiger partial charge on any atom is -0.374 e. The van der Waals surface area contributed by atoms with Crippen LogP contribution < -0.4 is 15.8 Å². The Morgan fingerprint density at radius 1 is 0.864 bits per heavy atom. The van der Waals surface area contributed by atoms with Crippen LogP contribution in [0.25, 0.3) is 40.8 Å². The van der Waals surface area contributed by atoms with Gasteiger partial charge in [-0.25, -0.2) is 0 Å². The summed E-state index contributed by atoms with van der Waals surface area (Å²) >= 11 is 1.97. The number of aromatic nitrogens is 1. The normalized spacial score (nSPS) is 20.6. The van der Waals surface area contributed by atoms with Crippen LogP contribution in [0.1, 0.15) is 35.6 Å². The van der Waals surface area contributed by atoms with Crippen LogP contribution in [0, 0.1) is 0 Å². The van der Waals surface area contributed by atoms with Crippen molar-refractivity contribution < 1.29 is 0 Å². The van der Waals surface area contributed by atoms with Crippen molar-refractivity contribution in [2.24, 2.45) is 0 Å². The van der Waals surface area contributed by atoms with Crippen LogP contribution in [0.4, 0.5) is 5.69 Å². The standard InChI is InChI=1S/C41H32N2S/c1-26(16-17-28-18-19-31-20-22-36(43-40(31)27(28)2)29-9-4-3-5-10-29)32-21-23-37-35(25-32)39-33(13-7-15-38(39)44-37)34-14-6-11-30-12-8-24-42-41(30)34/h3-25,35-37,43H,2H2,1H3/b26-16+,28-17-. The fourth-order valence-corrected chi connectivity index (χ4v) is 8.04. The third-order valence-electron chi connectivity index (χ3n) is 9.04. The number of nitrogens with zero attached hydrogens (tertiary/aromatic N) is 1. The second kappa shape index (κ2) is 11.0. The number of fused-ring (bicyclic) bond motifs is 5. The maximum Gasteiger partial charge on any atom is 0.0780 e. The number of nitrogens with one attached hydrogen (secondary N) is 1. The van der Waals surface area contributed by atoms with Crippen LogP contribution in [0.15, 0.2) is 144 Å². The lowest BCUT2D eigenvalue weighted by Gasteiger charge is -2.23. The summed E-state index contributed by atoms with van der Waals surface area (Å²) in [5.41, 5.74) is 11.0. The van der Waals surface area contributed by atoms with Gasteiger partial charge in [-0.1, -0.05) is 128 Å². The highest BCUT2D eigenvalue weighted by Gasteiger charge is 2.34. The molecule has 0 spiro atoms. The third kappa shape index (κ3) is 4.65. The average Bonchev–Trinajstić information content (AvgIpc) is 3.46. The number of para-hydroxylation sites is 1.